The molecule has 0 unspecified atom stereocenters. The van der Waals surface area contributed by atoms with Crippen molar-refractivity contribution in [3.63, 3.8) is 0 Å². The second-order valence-corrected chi connectivity index (χ2v) is 13.0. The molecule has 0 spiro atoms. The van der Waals surface area contributed by atoms with E-state index in [4.69, 9.17) is 13.9 Å². The van der Waals surface area contributed by atoms with Gasteiger partial charge in [0.2, 0.25) is 0 Å². The molecule has 0 amide bonds. The maximum Gasteiger partial charge on any atom is 0.192 e. The monoisotopic (exact) mass is 332 g/mol. The zero-order chi connectivity index (χ0) is 16.7. The van der Waals surface area contributed by atoms with E-state index in [1.165, 1.54) is 0 Å². The van der Waals surface area contributed by atoms with Crippen LogP contribution in [0.1, 0.15) is 40.5 Å². The third-order valence-electron chi connectivity index (χ3n) is 5.48. The average Bonchev–Trinajstić information content (AvgIpc) is 2.38. The minimum absolute atomic E-state index is 0.00292. The molecule has 2 fully saturated rings. The molecule has 2 rings (SSSR count). The van der Waals surface area contributed by atoms with Crippen molar-refractivity contribution < 1.29 is 24.1 Å². The summed E-state index contributed by atoms with van der Waals surface area (Å²) in [4.78, 5) is 0. The first-order chi connectivity index (χ1) is 10.0. The van der Waals surface area contributed by atoms with Crippen molar-refractivity contribution >= 4 is 8.32 Å². The van der Waals surface area contributed by atoms with E-state index in [1.54, 1.807) is 0 Å². The van der Waals surface area contributed by atoms with Gasteiger partial charge in [-0.2, -0.15) is 0 Å². The molecule has 6 atom stereocenters. The van der Waals surface area contributed by atoms with Gasteiger partial charge in [-0.1, -0.05) is 20.8 Å². The number of hydrogen-bond acceptors (Lipinski definition) is 5. The SMILES string of the molecule is C[C@@H]1O[C@@H]2C[C@H](O)[C@@H](CO)O[C@H]2C[C@H]1O[Si](C)(C)C(C)(C)C. The van der Waals surface area contributed by atoms with E-state index in [1.807, 2.05) is 6.92 Å². The molecule has 0 aromatic carbocycles. The average molecular weight is 333 g/mol. The van der Waals surface area contributed by atoms with Crippen LogP contribution in [-0.4, -0.2) is 61.8 Å². The molecule has 0 aromatic heterocycles. The first-order valence-electron chi connectivity index (χ1n) is 8.33. The van der Waals surface area contributed by atoms with Crippen molar-refractivity contribution in [2.75, 3.05) is 6.61 Å². The van der Waals surface area contributed by atoms with Gasteiger partial charge in [0, 0.05) is 12.8 Å². The van der Waals surface area contributed by atoms with Crippen molar-refractivity contribution in [2.24, 2.45) is 0 Å². The Labute approximate surface area is 135 Å². The van der Waals surface area contributed by atoms with Crippen LogP contribution in [0.2, 0.25) is 18.1 Å². The van der Waals surface area contributed by atoms with Gasteiger partial charge in [0.1, 0.15) is 6.10 Å². The van der Waals surface area contributed by atoms with E-state index in [9.17, 15) is 10.2 Å². The first kappa shape index (κ1) is 18.4. The maximum atomic E-state index is 9.96. The number of ether oxygens (including phenoxy) is 2. The summed E-state index contributed by atoms with van der Waals surface area (Å²) in [5.41, 5.74) is 0. The zero-order valence-electron chi connectivity index (χ0n) is 14.7. The fourth-order valence-corrected chi connectivity index (χ4v) is 4.34. The molecular weight excluding hydrogens is 300 g/mol. The Bertz CT molecular complexity index is 381. The number of rotatable bonds is 3. The molecule has 2 aliphatic heterocycles. The highest BCUT2D eigenvalue weighted by Crippen LogP contribution is 2.40. The smallest absolute Gasteiger partial charge is 0.192 e. The normalized spacial score (nSPS) is 40.4. The van der Waals surface area contributed by atoms with Crippen molar-refractivity contribution in [2.45, 2.75) is 95.3 Å². The van der Waals surface area contributed by atoms with E-state index in [2.05, 4.69) is 33.9 Å². The van der Waals surface area contributed by atoms with Crippen LogP contribution in [0.15, 0.2) is 0 Å². The topological polar surface area (TPSA) is 68.2 Å². The summed E-state index contributed by atoms with van der Waals surface area (Å²) in [7, 11) is -1.86. The predicted molar refractivity (Wildman–Crippen MR) is 87.4 cm³/mol. The van der Waals surface area contributed by atoms with Crippen molar-refractivity contribution in [3.05, 3.63) is 0 Å². The largest absolute Gasteiger partial charge is 0.411 e. The van der Waals surface area contributed by atoms with Crippen LogP contribution >= 0.6 is 0 Å². The summed E-state index contributed by atoms with van der Waals surface area (Å²) in [6, 6.07) is 0. The van der Waals surface area contributed by atoms with Crippen molar-refractivity contribution in [3.8, 4) is 0 Å². The van der Waals surface area contributed by atoms with Crippen molar-refractivity contribution in [1.82, 2.24) is 0 Å². The molecular formula is C16H32O5Si. The Morgan fingerprint density at radius 2 is 1.73 bits per heavy atom. The minimum Gasteiger partial charge on any atom is -0.411 e. The van der Waals surface area contributed by atoms with E-state index in [-0.39, 0.29) is 36.1 Å². The standard InChI is InChI=1S/C16H32O5Si/c1-10-12(21-22(5,6)16(2,3)4)8-14-13(19-10)7-11(18)15(9-17)20-14/h10-15,17-18H,7-9H2,1-6H3/t10-,11-,12+,13+,14-,15+/m0/s1. The molecule has 130 valence electrons. The molecule has 5 nitrogen and oxygen atoms in total. The molecule has 0 saturated carbocycles. The Morgan fingerprint density at radius 1 is 1.14 bits per heavy atom. The number of fused-ring (bicyclic) bond motifs is 1. The van der Waals surface area contributed by atoms with Crippen LogP contribution in [-0.2, 0) is 13.9 Å². The molecule has 2 saturated heterocycles. The Balaban J connectivity index is 2.04. The number of aliphatic hydroxyl groups is 2. The van der Waals surface area contributed by atoms with Gasteiger partial charge >= 0.3 is 0 Å². The summed E-state index contributed by atoms with van der Waals surface area (Å²) in [5.74, 6) is 0. The van der Waals surface area contributed by atoms with Gasteiger partial charge in [-0.3, -0.25) is 0 Å². The summed E-state index contributed by atoms with van der Waals surface area (Å²) < 4.78 is 18.4. The van der Waals surface area contributed by atoms with E-state index in [0.717, 1.165) is 6.42 Å². The highest BCUT2D eigenvalue weighted by atomic mass is 28.4. The predicted octanol–water partition coefficient (Wildman–Crippen LogP) is 2.06. The Kier molecular flexibility index (Phi) is 5.42. The lowest BCUT2D eigenvalue weighted by Crippen LogP contribution is -2.58. The van der Waals surface area contributed by atoms with Gasteiger partial charge < -0.3 is 24.1 Å². The highest BCUT2D eigenvalue weighted by molar-refractivity contribution is 6.74. The molecule has 2 N–H and O–H groups in total. The molecule has 22 heavy (non-hydrogen) atoms. The maximum absolute atomic E-state index is 9.96. The molecule has 6 heteroatoms. The van der Waals surface area contributed by atoms with Gasteiger partial charge in [0.15, 0.2) is 8.32 Å². The first-order valence-corrected chi connectivity index (χ1v) is 11.2. The Hall–Kier alpha value is 0.0169. The quantitative estimate of drug-likeness (QED) is 0.774. The number of aliphatic hydroxyl groups excluding tert-OH is 2. The summed E-state index contributed by atoms with van der Waals surface area (Å²) in [6.45, 7) is 13.1. The van der Waals surface area contributed by atoms with Gasteiger partial charge in [-0.25, -0.2) is 0 Å². The van der Waals surface area contributed by atoms with Gasteiger partial charge in [-0.05, 0) is 25.1 Å². The lowest BCUT2D eigenvalue weighted by Gasteiger charge is -2.48. The fraction of sp³-hybridized carbons (Fsp3) is 1.00. The summed E-state index contributed by atoms with van der Waals surface area (Å²) >= 11 is 0. The minimum atomic E-state index is -1.86. The van der Waals surface area contributed by atoms with Crippen LogP contribution in [0.4, 0.5) is 0 Å². The lowest BCUT2D eigenvalue weighted by atomic mass is 9.91. The van der Waals surface area contributed by atoms with E-state index < -0.39 is 20.5 Å². The van der Waals surface area contributed by atoms with Gasteiger partial charge in [-0.15, -0.1) is 0 Å². The second kappa shape index (κ2) is 6.49. The second-order valence-electron chi connectivity index (χ2n) is 8.23. The van der Waals surface area contributed by atoms with Crippen LogP contribution in [0.3, 0.4) is 0 Å². The van der Waals surface area contributed by atoms with E-state index >= 15 is 0 Å². The molecule has 0 radical (unpaired) electrons. The molecule has 2 heterocycles. The van der Waals surface area contributed by atoms with Crippen molar-refractivity contribution in [1.29, 1.82) is 0 Å². The third-order valence-corrected chi connectivity index (χ3v) is 9.98. The van der Waals surface area contributed by atoms with E-state index in [0.29, 0.717) is 6.42 Å². The van der Waals surface area contributed by atoms with Crippen LogP contribution < -0.4 is 0 Å². The third kappa shape index (κ3) is 3.74. The molecule has 2 aliphatic rings. The van der Waals surface area contributed by atoms with Gasteiger partial charge in [0.05, 0.1) is 37.1 Å². The summed E-state index contributed by atoms with van der Waals surface area (Å²) in [6.07, 6.45) is -0.0792. The van der Waals surface area contributed by atoms with Gasteiger partial charge in [0.25, 0.3) is 0 Å². The Morgan fingerprint density at radius 3 is 2.27 bits per heavy atom. The highest BCUT2D eigenvalue weighted by Gasteiger charge is 2.47. The molecule has 0 aliphatic carbocycles. The van der Waals surface area contributed by atoms with Crippen LogP contribution in [0.25, 0.3) is 0 Å². The summed E-state index contributed by atoms with van der Waals surface area (Å²) in [5, 5.41) is 19.4. The van der Waals surface area contributed by atoms with Crippen LogP contribution in [0, 0.1) is 0 Å². The number of hydrogen-bond donors (Lipinski definition) is 2. The fourth-order valence-electron chi connectivity index (χ4n) is 2.94. The molecule has 0 aromatic rings. The molecule has 0 bridgehead atoms. The lowest BCUT2D eigenvalue weighted by molar-refractivity contribution is -0.242. The zero-order valence-corrected chi connectivity index (χ0v) is 15.7. The van der Waals surface area contributed by atoms with Crippen LogP contribution in [0.5, 0.6) is 0 Å².